The molecule has 1 fully saturated rings. The number of nitrogens with one attached hydrogen (secondary N) is 1. The zero-order valence-electron chi connectivity index (χ0n) is 18.2. The average Bonchev–Trinajstić information content (AvgIpc) is 2.77. The van der Waals surface area contributed by atoms with Gasteiger partial charge in [0.05, 0.1) is 12.9 Å². The summed E-state index contributed by atoms with van der Waals surface area (Å²) in [5.74, 6) is 0.654. The van der Waals surface area contributed by atoms with Gasteiger partial charge in [0.25, 0.3) is 5.91 Å². The summed E-state index contributed by atoms with van der Waals surface area (Å²) in [7, 11) is 0.299. The molecule has 3 rings (SSSR count). The molecule has 0 spiro atoms. The number of para-hydroxylation sites is 1. The van der Waals surface area contributed by atoms with E-state index < -0.39 is 10.0 Å². The van der Waals surface area contributed by atoms with Gasteiger partial charge in [-0.15, -0.1) is 0 Å². The van der Waals surface area contributed by atoms with E-state index in [1.807, 2.05) is 31.3 Å². The molecule has 7 nitrogen and oxygen atoms in total. The molecule has 2 aromatic carbocycles. The summed E-state index contributed by atoms with van der Waals surface area (Å²) in [5, 5.41) is 2.92. The molecule has 1 saturated heterocycles. The Balaban J connectivity index is 1.47. The highest BCUT2D eigenvalue weighted by Gasteiger charge is 2.25. The second-order valence-corrected chi connectivity index (χ2v) is 9.80. The number of aryl methyl sites for hydroxylation is 1. The van der Waals surface area contributed by atoms with Crippen molar-refractivity contribution in [2.45, 2.75) is 18.6 Å². The van der Waals surface area contributed by atoms with E-state index in [1.165, 1.54) is 0 Å². The zero-order chi connectivity index (χ0) is 22.3. The van der Waals surface area contributed by atoms with E-state index in [1.54, 1.807) is 35.7 Å². The van der Waals surface area contributed by atoms with Crippen LogP contribution in [0.25, 0.3) is 0 Å². The molecular weight excluding hydrogens is 414 g/mol. The van der Waals surface area contributed by atoms with Crippen LogP contribution in [0.4, 0.5) is 0 Å². The topological polar surface area (TPSA) is 78.9 Å². The predicted molar refractivity (Wildman–Crippen MR) is 122 cm³/mol. The van der Waals surface area contributed by atoms with Gasteiger partial charge in [-0.05, 0) is 49.2 Å². The molecule has 0 aromatic heterocycles. The van der Waals surface area contributed by atoms with E-state index in [0.29, 0.717) is 30.8 Å². The lowest BCUT2D eigenvalue weighted by molar-refractivity contribution is 0.0953. The Morgan fingerprint density at radius 2 is 1.71 bits per heavy atom. The molecule has 1 amide bonds. The quantitative estimate of drug-likeness (QED) is 0.599. The number of piperazine rings is 1. The Hall–Kier alpha value is -2.42. The van der Waals surface area contributed by atoms with Gasteiger partial charge in [-0.3, -0.25) is 4.79 Å². The molecule has 2 aromatic rings. The van der Waals surface area contributed by atoms with Crippen molar-refractivity contribution in [2.75, 3.05) is 46.9 Å². The fourth-order valence-corrected chi connectivity index (χ4v) is 5.13. The number of carbonyl (C=O) groups excluding carboxylic acids is 1. The number of methoxy groups -OCH3 is 1. The van der Waals surface area contributed by atoms with Gasteiger partial charge in [-0.2, -0.15) is 4.31 Å². The molecule has 0 radical (unpaired) electrons. The molecule has 1 aliphatic rings. The summed E-state index contributed by atoms with van der Waals surface area (Å²) in [6.07, 6.45) is 1.61. The summed E-state index contributed by atoms with van der Waals surface area (Å²) >= 11 is 0. The average molecular weight is 446 g/mol. The van der Waals surface area contributed by atoms with Crippen molar-refractivity contribution in [3.05, 3.63) is 65.2 Å². The molecule has 1 heterocycles. The molecule has 0 atom stereocenters. The monoisotopic (exact) mass is 445 g/mol. The number of carbonyl (C=O) groups is 1. The second kappa shape index (κ2) is 10.7. The number of hydrogen-bond donors (Lipinski definition) is 1. The number of rotatable bonds is 9. The minimum atomic E-state index is -3.35. The van der Waals surface area contributed by atoms with E-state index in [-0.39, 0.29) is 11.7 Å². The third kappa shape index (κ3) is 6.53. The minimum absolute atomic E-state index is 0.0441. The van der Waals surface area contributed by atoms with Crippen LogP contribution in [-0.4, -0.2) is 70.4 Å². The summed E-state index contributed by atoms with van der Waals surface area (Å²) in [5.41, 5.74) is 2.33. The van der Waals surface area contributed by atoms with Gasteiger partial charge in [0.2, 0.25) is 10.0 Å². The maximum absolute atomic E-state index is 12.6. The molecule has 1 aliphatic heterocycles. The van der Waals surface area contributed by atoms with Crippen LogP contribution >= 0.6 is 0 Å². The number of amides is 1. The lowest BCUT2D eigenvalue weighted by atomic mass is 10.1. The van der Waals surface area contributed by atoms with Crippen molar-refractivity contribution >= 4 is 15.9 Å². The Labute approximate surface area is 185 Å². The van der Waals surface area contributed by atoms with Crippen LogP contribution < -0.4 is 10.1 Å². The van der Waals surface area contributed by atoms with Crippen LogP contribution in [0.1, 0.15) is 27.9 Å². The molecule has 0 bridgehead atoms. The molecule has 0 aliphatic carbocycles. The first-order chi connectivity index (χ1) is 14.9. The second-order valence-electron chi connectivity index (χ2n) is 7.83. The number of hydrogen-bond acceptors (Lipinski definition) is 5. The molecule has 0 saturated carbocycles. The zero-order valence-corrected chi connectivity index (χ0v) is 19.0. The van der Waals surface area contributed by atoms with Gasteiger partial charge in [-0.25, -0.2) is 8.42 Å². The van der Waals surface area contributed by atoms with E-state index in [9.17, 15) is 13.2 Å². The highest BCUT2D eigenvalue weighted by molar-refractivity contribution is 7.88. The van der Waals surface area contributed by atoms with Gasteiger partial charge < -0.3 is 15.0 Å². The third-order valence-corrected chi connectivity index (χ3v) is 7.37. The van der Waals surface area contributed by atoms with E-state index in [0.717, 1.165) is 37.2 Å². The Morgan fingerprint density at radius 3 is 2.39 bits per heavy atom. The lowest BCUT2D eigenvalue weighted by Crippen LogP contribution is -2.47. The maximum atomic E-state index is 12.6. The molecule has 31 heavy (non-hydrogen) atoms. The molecular formula is C23H31N3O4S. The van der Waals surface area contributed by atoms with E-state index in [2.05, 4.69) is 10.2 Å². The molecule has 8 heteroatoms. The Bertz CT molecular complexity index is 969. The summed E-state index contributed by atoms with van der Waals surface area (Å²) in [4.78, 5) is 14.5. The van der Waals surface area contributed by atoms with Crippen molar-refractivity contribution < 1.29 is 17.9 Å². The molecule has 168 valence electrons. The van der Waals surface area contributed by atoms with Crippen LogP contribution in [-0.2, 0) is 22.2 Å². The van der Waals surface area contributed by atoms with Crippen LogP contribution in [0.15, 0.2) is 48.5 Å². The maximum Gasteiger partial charge on any atom is 0.251 e. The molecule has 0 unspecified atom stereocenters. The van der Waals surface area contributed by atoms with Crippen molar-refractivity contribution in [3.8, 4) is 5.75 Å². The van der Waals surface area contributed by atoms with Crippen LogP contribution in [0.2, 0.25) is 0 Å². The first-order valence-electron chi connectivity index (χ1n) is 10.5. The number of likely N-dealkylation sites (N-methyl/N-ethyl adjacent to an activating group) is 1. The third-order valence-electron chi connectivity index (χ3n) is 5.52. The van der Waals surface area contributed by atoms with Crippen molar-refractivity contribution in [1.82, 2.24) is 14.5 Å². The summed E-state index contributed by atoms with van der Waals surface area (Å²) in [6, 6.07) is 14.7. The van der Waals surface area contributed by atoms with Gasteiger partial charge in [0.15, 0.2) is 0 Å². The van der Waals surface area contributed by atoms with Crippen molar-refractivity contribution in [2.24, 2.45) is 0 Å². The van der Waals surface area contributed by atoms with Gasteiger partial charge in [0, 0.05) is 38.3 Å². The normalized spacial score (nSPS) is 15.5. The number of benzene rings is 2. The largest absolute Gasteiger partial charge is 0.496 e. The van der Waals surface area contributed by atoms with Gasteiger partial charge in [-0.1, -0.05) is 30.3 Å². The van der Waals surface area contributed by atoms with Gasteiger partial charge in [0.1, 0.15) is 5.75 Å². The van der Waals surface area contributed by atoms with Crippen LogP contribution in [0, 0.1) is 0 Å². The smallest absolute Gasteiger partial charge is 0.251 e. The number of sulfonamides is 1. The van der Waals surface area contributed by atoms with Crippen LogP contribution in [0.5, 0.6) is 5.75 Å². The van der Waals surface area contributed by atoms with Gasteiger partial charge >= 0.3 is 0 Å². The Morgan fingerprint density at radius 1 is 1.03 bits per heavy atom. The summed E-state index contributed by atoms with van der Waals surface area (Å²) < 4.78 is 32.2. The highest BCUT2D eigenvalue weighted by atomic mass is 32.2. The number of ether oxygens (including phenoxy) is 1. The molecule has 1 N–H and O–H groups in total. The predicted octanol–water partition coefficient (Wildman–Crippen LogP) is 2.13. The fourth-order valence-electron chi connectivity index (χ4n) is 3.61. The van der Waals surface area contributed by atoms with E-state index in [4.69, 9.17) is 4.74 Å². The van der Waals surface area contributed by atoms with Crippen LogP contribution in [0.3, 0.4) is 0 Å². The minimum Gasteiger partial charge on any atom is -0.496 e. The van der Waals surface area contributed by atoms with E-state index >= 15 is 0 Å². The van der Waals surface area contributed by atoms with Crippen molar-refractivity contribution in [3.63, 3.8) is 0 Å². The Kier molecular flexibility index (Phi) is 8.06. The first-order valence-corrected chi connectivity index (χ1v) is 12.2. The first kappa shape index (κ1) is 23.2. The highest BCUT2D eigenvalue weighted by Crippen LogP contribution is 2.18. The SMILES string of the molecule is COc1ccccc1CCCNC(=O)c1ccc(CS(=O)(=O)N2CCN(C)CC2)cc1. The summed E-state index contributed by atoms with van der Waals surface area (Å²) in [6.45, 7) is 3.09. The number of nitrogens with zero attached hydrogens (tertiary/aromatic N) is 2. The standard InChI is InChI=1S/C23H31N3O4S/c1-25-14-16-26(17-15-25)31(28,29)18-19-9-11-21(12-10-19)23(27)24-13-5-7-20-6-3-4-8-22(20)30-2/h3-4,6,8-12H,5,7,13-18H2,1-2H3,(H,24,27). The fraction of sp³-hybridized carbons (Fsp3) is 0.435. The lowest BCUT2D eigenvalue weighted by Gasteiger charge is -2.31. The van der Waals surface area contributed by atoms with Crippen molar-refractivity contribution in [1.29, 1.82) is 0 Å².